The van der Waals surface area contributed by atoms with Crippen molar-refractivity contribution in [2.45, 2.75) is 0 Å². The zero-order valence-corrected chi connectivity index (χ0v) is 8.00. The Labute approximate surface area is 73.9 Å². The average Bonchev–Trinajstić information content (AvgIpc) is 2.05. The number of hydrogen-bond donors (Lipinski definition) is 0. The van der Waals surface area contributed by atoms with E-state index < -0.39 is 7.80 Å². The minimum Gasteiger partial charge on any atom is -0.0748 e. The molecule has 1 unspecified atom stereocenters. The molecule has 0 saturated carbocycles. The van der Waals surface area contributed by atoms with Crippen LogP contribution in [-0.4, -0.2) is 12.8 Å². The van der Waals surface area contributed by atoms with E-state index in [1.165, 1.54) is 0 Å². The number of rotatable bonds is 3. The van der Waals surface area contributed by atoms with E-state index >= 15 is 0 Å². The van der Waals surface area contributed by atoms with Crippen LogP contribution in [0.25, 0.3) is 6.08 Å². The lowest BCUT2D eigenvalue weighted by atomic mass is 10.2. The minimum absolute atomic E-state index is 0.671. The molecule has 0 radical (unpaired) electrons. The Bertz CT molecular complexity index is 277. The summed E-state index contributed by atoms with van der Waals surface area (Å²) in [5.74, 6) is 0. The number of benzene rings is 1. The monoisotopic (exact) mass is 179 g/mol. The van der Waals surface area contributed by atoms with E-state index in [4.69, 9.17) is 0 Å². The van der Waals surface area contributed by atoms with Gasteiger partial charge < -0.3 is 0 Å². The molecule has 1 atom stereocenters. The zero-order chi connectivity index (χ0) is 8.81. The molecule has 1 rings (SSSR count). The molecule has 2 heteroatoms. The summed E-state index contributed by atoms with van der Waals surface area (Å²) in [5.41, 5.74) is 1.16. The van der Waals surface area contributed by atoms with Crippen LogP contribution in [0.5, 0.6) is 0 Å². The molecule has 0 aliphatic carbocycles. The summed E-state index contributed by atoms with van der Waals surface area (Å²) in [7, 11) is -1.03. The van der Waals surface area contributed by atoms with Gasteiger partial charge in [0.25, 0.3) is 0 Å². The summed E-state index contributed by atoms with van der Waals surface area (Å²) in [5, 5.41) is 0. The Morgan fingerprint density at radius 2 is 2.00 bits per heavy atom. The fraction of sp³-hybridized carbons (Fsp3) is 0.200. The van der Waals surface area contributed by atoms with E-state index in [0.29, 0.717) is 6.16 Å². The Morgan fingerprint density at radius 1 is 1.33 bits per heavy atom. The van der Waals surface area contributed by atoms with Gasteiger partial charge in [-0.25, -0.2) is 0 Å². The van der Waals surface area contributed by atoms with Crippen molar-refractivity contribution in [3.05, 3.63) is 42.0 Å². The summed E-state index contributed by atoms with van der Waals surface area (Å²) in [6, 6.07) is 10.0. The molecule has 0 N–H and O–H groups in total. The van der Waals surface area contributed by atoms with Gasteiger partial charge >= 0.3 is 7.80 Å². The van der Waals surface area contributed by atoms with E-state index in [2.05, 4.69) is 0 Å². The summed E-state index contributed by atoms with van der Waals surface area (Å²) < 4.78 is 10.7. The van der Waals surface area contributed by atoms with Gasteiger partial charge in [0, 0.05) is 0 Å². The lowest BCUT2D eigenvalue weighted by Crippen LogP contribution is -1.70. The van der Waals surface area contributed by atoms with Gasteiger partial charge in [-0.05, 0) is 11.6 Å². The van der Waals surface area contributed by atoms with Crippen LogP contribution in [0.3, 0.4) is 0 Å². The molecular formula is C10H12OP+. The van der Waals surface area contributed by atoms with Crippen LogP contribution in [0, 0.1) is 0 Å². The molecule has 0 bridgehead atoms. The van der Waals surface area contributed by atoms with E-state index in [1.807, 2.05) is 42.5 Å². The van der Waals surface area contributed by atoms with Crippen molar-refractivity contribution in [2.75, 3.05) is 12.8 Å². The molecule has 0 saturated heterocycles. The zero-order valence-electron chi connectivity index (χ0n) is 7.10. The number of allylic oxidation sites excluding steroid dienone is 1. The van der Waals surface area contributed by atoms with E-state index in [-0.39, 0.29) is 0 Å². The topological polar surface area (TPSA) is 17.1 Å². The Morgan fingerprint density at radius 3 is 2.58 bits per heavy atom. The van der Waals surface area contributed by atoms with Gasteiger partial charge in [-0.3, -0.25) is 0 Å². The van der Waals surface area contributed by atoms with Crippen molar-refractivity contribution in [3.8, 4) is 0 Å². The molecule has 0 aliphatic rings. The molecule has 0 fully saturated rings. The number of hydrogen-bond acceptors (Lipinski definition) is 1. The second-order valence-electron chi connectivity index (χ2n) is 2.62. The summed E-state index contributed by atoms with van der Waals surface area (Å²) in [6.07, 6.45) is 4.62. The normalized spacial score (nSPS) is 11.9. The lowest BCUT2D eigenvalue weighted by Gasteiger charge is -1.87. The van der Waals surface area contributed by atoms with Gasteiger partial charge in [0.15, 0.2) is 6.16 Å². The molecule has 1 nitrogen and oxygen atoms in total. The molecule has 1 aromatic rings. The third kappa shape index (κ3) is 3.45. The van der Waals surface area contributed by atoms with Crippen molar-refractivity contribution in [3.63, 3.8) is 0 Å². The highest BCUT2D eigenvalue weighted by Gasteiger charge is 1.98. The third-order valence-corrected chi connectivity index (χ3v) is 2.20. The quantitative estimate of drug-likeness (QED) is 0.651. The molecule has 12 heavy (non-hydrogen) atoms. The Hall–Kier alpha value is -0.940. The Balaban J connectivity index is 2.52. The van der Waals surface area contributed by atoms with Crippen molar-refractivity contribution in [1.29, 1.82) is 0 Å². The van der Waals surface area contributed by atoms with Gasteiger partial charge in [0.2, 0.25) is 0 Å². The molecule has 0 amide bonds. The third-order valence-electron chi connectivity index (χ3n) is 1.47. The van der Waals surface area contributed by atoms with Gasteiger partial charge in [0.1, 0.15) is 6.66 Å². The smallest absolute Gasteiger partial charge is 0.0748 e. The van der Waals surface area contributed by atoms with Crippen LogP contribution in [0.15, 0.2) is 36.4 Å². The fourth-order valence-electron chi connectivity index (χ4n) is 0.901. The molecule has 62 valence electrons. The molecule has 0 spiro atoms. The lowest BCUT2D eigenvalue weighted by molar-refractivity contribution is 0.593. The Kier molecular flexibility index (Phi) is 3.69. The first kappa shape index (κ1) is 9.15. The SMILES string of the molecule is C[P+](=O)CC=Cc1ccccc1. The molecule has 0 aliphatic heterocycles. The maximum absolute atomic E-state index is 10.7. The maximum atomic E-state index is 10.7. The van der Waals surface area contributed by atoms with Crippen LogP contribution < -0.4 is 0 Å². The van der Waals surface area contributed by atoms with Gasteiger partial charge in [-0.15, -0.1) is 0 Å². The predicted octanol–water partition coefficient (Wildman–Crippen LogP) is 3.16. The van der Waals surface area contributed by atoms with Crippen molar-refractivity contribution >= 4 is 13.9 Å². The van der Waals surface area contributed by atoms with Crippen LogP contribution in [0.2, 0.25) is 0 Å². The average molecular weight is 179 g/mol. The van der Waals surface area contributed by atoms with Gasteiger partial charge in [-0.2, -0.15) is 0 Å². The van der Waals surface area contributed by atoms with Gasteiger partial charge in [-0.1, -0.05) is 41.0 Å². The fourth-order valence-corrected chi connectivity index (χ4v) is 1.30. The van der Waals surface area contributed by atoms with Crippen molar-refractivity contribution in [2.24, 2.45) is 0 Å². The summed E-state index contributed by atoms with van der Waals surface area (Å²) in [4.78, 5) is 0. The first-order valence-corrected chi connectivity index (χ1v) is 5.78. The van der Waals surface area contributed by atoms with Crippen molar-refractivity contribution < 1.29 is 4.57 Å². The van der Waals surface area contributed by atoms with E-state index in [9.17, 15) is 4.57 Å². The second kappa shape index (κ2) is 4.84. The highest BCUT2D eigenvalue weighted by Crippen LogP contribution is 2.13. The van der Waals surface area contributed by atoms with E-state index in [0.717, 1.165) is 5.56 Å². The van der Waals surface area contributed by atoms with Crippen LogP contribution in [0.4, 0.5) is 0 Å². The second-order valence-corrected chi connectivity index (χ2v) is 4.24. The van der Waals surface area contributed by atoms with Gasteiger partial charge in [0.05, 0.1) is 0 Å². The molecule has 1 aromatic carbocycles. The maximum Gasteiger partial charge on any atom is 0.339 e. The standard InChI is InChI=1S/C10H12OP/c1-12(11)9-5-8-10-6-3-2-4-7-10/h2-8H,9H2,1H3/q+1. The van der Waals surface area contributed by atoms with Crippen molar-refractivity contribution in [1.82, 2.24) is 0 Å². The van der Waals surface area contributed by atoms with Crippen LogP contribution in [0.1, 0.15) is 5.56 Å². The first-order valence-electron chi connectivity index (χ1n) is 3.89. The van der Waals surface area contributed by atoms with Crippen LogP contribution in [-0.2, 0) is 4.57 Å². The highest BCUT2D eigenvalue weighted by atomic mass is 31.1. The highest BCUT2D eigenvalue weighted by molar-refractivity contribution is 7.43. The minimum atomic E-state index is -1.03. The van der Waals surface area contributed by atoms with Crippen LogP contribution >= 0.6 is 7.80 Å². The summed E-state index contributed by atoms with van der Waals surface area (Å²) >= 11 is 0. The first-order chi connectivity index (χ1) is 5.79. The van der Waals surface area contributed by atoms with E-state index in [1.54, 1.807) is 6.66 Å². The molecular weight excluding hydrogens is 167 g/mol. The molecule has 0 aromatic heterocycles. The predicted molar refractivity (Wildman–Crippen MR) is 53.9 cm³/mol. The molecule has 0 heterocycles. The largest absolute Gasteiger partial charge is 0.339 e. The summed E-state index contributed by atoms with van der Waals surface area (Å²) in [6.45, 7) is 1.74.